The zero-order valence-electron chi connectivity index (χ0n) is 15.7. The fourth-order valence-corrected chi connectivity index (χ4v) is 4.17. The highest BCUT2D eigenvalue weighted by molar-refractivity contribution is 7.09. The van der Waals surface area contributed by atoms with Crippen molar-refractivity contribution in [2.24, 2.45) is 0 Å². The van der Waals surface area contributed by atoms with Gasteiger partial charge < -0.3 is 10.2 Å². The van der Waals surface area contributed by atoms with Crippen molar-refractivity contribution in [3.63, 3.8) is 0 Å². The van der Waals surface area contributed by atoms with E-state index in [1.54, 1.807) is 36.6 Å². The molecule has 0 radical (unpaired) electrons. The molecule has 0 unspecified atom stereocenters. The van der Waals surface area contributed by atoms with Crippen LogP contribution in [0.3, 0.4) is 0 Å². The number of aryl methyl sites for hydroxylation is 1. The molecule has 2 N–H and O–H groups in total. The number of aromatic nitrogens is 1. The average molecular weight is 430 g/mol. The third-order valence-corrected chi connectivity index (χ3v) is 5.56. The van der Waals surface area contributed by atoms with Crippen molar-refractivity contribution >= 4 is 40.7 Å². The van der Waals surface area contributed by atoms with Crippen LogP contribution < -0.4 is 0 Å². The molecule has 0 bridgehead atoms. The number of rotatable bonds is 5. The Bertz CT molecular complexity index is 1160. The number of hydrogen-bond acceptors (Lipinski definition) is 5. The van der Waals surface area contributed by atoms with E-state index in [1.807, 2.05) is 0 Å². The van der Waals surface area contributed by atoms with Crippen molar-refractivity contribution in [1.82, 2.24) is 4.98 Å². The van der Waals surface area contributed by atoms with Gasteiger partial charge in [-0.05, 0) is 44.0 Å². The summed E-state index contributed by atoms with van der Waals surface area (Å²) in [7, 11) is 0. The fraction of sp³-hybridized carbons (Fsp3) is 0.143. The van der Waals surface area contributed by atoms with E-state index >= 15 is 0 Å². The molecule has 3 rings (SSSR count). The van der Waals surface area contributed by atoms with Gasteiger partial charge in [-0.3, -0.25) is 4.79 Å². The highest BCUT2D eigenvalue weighted by Crippen LogP contribution is 2.41. The zero-order valence-corrected chi connectivity index (χ0v) is 17.3. The topological polar surface area (TPSA) is 105 Å². The van der Waals surface area contributed by atoms with Gasteiger partial charge in [0.05, 0.1) is 21.8 Å². The van der Waals surface area contributed by atoms with Crippen molar-refractivity contribution in [1.29, 1.82) is 0 Å². The number of benzene rings is 2. The van der Waals surface area contributed by atoms with Crippen molar-refractivity contribution in [2.75, 3.05) is 0 Å². The van der Waals surface area contributed by atoms with Gasteiger partial charge in [-0.1, -0.05) is 23.7 Å². The van der Waals surface area contributed by atoms with Gasteiger partial charge >= 0.3 is 11.9 Å². The second kappa shape index (κ2) is 7.77. The summed E-state index contributed by atoms with van der Waals surface area (Å²) in [4.78, 5) is 41.3. The van der Waals surface area contributed by atoms with Crippen LogP contribution in [0.25, 0.3) is 22.4 Å². The number of thiazole rings is 1. The number of Topliss-reactive ketones (excluding diaryl/α,β-unsaturated/α-hetero) is 1. The number of nitrogens with zero attached hydrogens (tertiary/aromatic N) is 1. The van der Waals surface area contributed by atoms with Crippen molar-refractivity contribution in [3.8, 4) is 22.4 Å². The zero-order chi connectivity index (χ0) is 21.5. The molecular weight excluding hydrogens is 414 g/mol. The fourth-order valence-electron chi connectivity index (χ4n) is 3.44. The van der Waals surface area contributed by atoms with Gasteiger partial charge in [0.15, 0.2) is 5.78 Å². The number of carboxylic acid groups (broad SMARTS) is 2. The first-order valence-electron chi connectivity index (χ1n) is 8.50. The highest BCUT2D eigenvalue weighted by atomic mass is 35.5. The maximum Gasteiger partial charge on any atom is 0.337 e. The Morgan fingerprint density at radius 3 is 1.97 bits per heavy atom. The number of hydrogen-bond donors (Lipinski definition) is 2. The molecule has 0 aliphatic heterocycles. The number of carboxylic acids is 2. The second-order valence-corrected chi connectivity index (χ2v) is 7.92. The molecule has 0 spiro atoms. The van der Waals surface area contributed by atoms with Crippen molar-refractivity contribution in [3.05, 3.63) is 61.9 Å². The minimum atomic E-state index is -1.35. The van der Waals surface area contributed by atoms with E-state index in [0.29, 0.717) is 15.6 Å². The quantitative estimate of drug-likeness (QED) is 0.530. The number of carbonyl (C=O) groups is 3. The smallest absolute Gasteiger partial charge is 0.337 e. The standard InChI is InChI=1S/C21H16ClNO5S/c1-9-15(10(2)24)17(12-4-6-13(22)7-5-12)19(21(27)28)18(16(9)20(25)26)14-8-29-11(3)23-14/h4-8H,1-3H3,(H,25,26)(H,27,28). The van der Waals surface area contributed by atoms with E-state index in [9.17, 15) is 24.6 Å². The van der Waals surface area contributed by atoms with Crippen molar-refractivity contribution < 1.29 is 24.6 Å². The lowest BCUT2D eigenvalue weighted by Gasteiger charge is -2.20. The van der Waals surface area contributed by atoms with Crippen LogP contribution in [0.2, 0.25) is 5.02 Å². The lowest BCUT2D eigenvalue weighted by molar-refractivity contribution is 0.0695. The number of carbonyl (C=O) groups excluding carboxylic acids is 1. The molecule has 3 aromatic rings. The molecule has 1 aromatic heterocycles. The van der Waals surface area contributed by atoms with E-state index in [-0.39, 0.29) is 39.1 Å². The summed E-state index contributed by atoms with van der Waals surface area (Å²) in [6.45, 7) is 4.53. The number of ketones is 1. The monoisotopic (exact) mass is 429 g/mol. The van der Waals surface area contributed by atoms with Crippen LogP contribution in [0.15, 0.2) is 29.6 Å². The van der Waals surface area contributed by atoms with E-state index in [4.69, 9.17) is 11.6 Å². The van der Waals surface area contributed by atoms with Crippen LogP contribution in [0.1, 0.15) is 48.6 Å². The molecule has 0 amide bonds. The van der Waals surface area contributed by atoms with Gasteiger partial charge in [0.1, 0.15) is 0 Å². The molecule has 1 heterocycles. The molecule has 2 aromatic carbocycles. The van der Waals surface area contributed by atoms with Gasteiger partial charge in [-0.25, -0.2) is 14.6 Å². The first kappa shape index (κ1) is 20.7. The lowest BCUT2D eigenvalue weighted by Crippen LogP contribution is -2.16. The first-order chi connectivity index (χ1) is 13.6. The van der Waals surface area contributed by atoms with E-state index in [1.165, 1.54) is 25.2 Å². The second-order valence-electron chi connectivity index (χ2n) is 6.43. The minimum Gasteiger partial charge on any atom is -0.478 e. The van der Waals surface area contributed by atoms with E-state index in [0.717, 1.165) is 0 Å². The molecule has 148 valence electrons. The van der Waals surface area contributed by atoms with Crippen LogP contribution in [0.4, 0.5) is 0 Å². The molecule has 0 saturated carbocycles. The van der Waals surface area contributed by atoms with Gasteiger partial charge in [0, 0.05) is 27.1 Å². The van der Waals surface area contributed by atoms with Gasteiger partial charge in [0.2, 0.25) is 0 Å². The summed E-state index contributed by atoms with van der Waals surface area (Å²) in [6.07, 6.45) is 0. The predicted octanol–water partition coefficient (Wildman–Crippen LogP) is 5.35. The molecule has 8 heteroatoms. The molecule has 0 aliphatic rings. The Morgan fingerprint density at radius 2 is 1.52 bits per heavy atom. The predicted molar refractivity (Wildman–Crippen MR) is 111 cm³/mol. The Labute approximate surface area is 175 Å². The Kier molecular flexibility index (Phi) is 5.55. The van der Waals surface area contributed by atoms with Crippen LogP contribution in [0, 0.1) is 13.8 Å². The number of halogens is 1. The third kappa shape index (κ3) is 3.66. The van der Waals surface area contributed by atoms with Gasteiger partial charge in [-0.15, -0.1) is 11.3 Å². The summed E-state index contributed by atoms with van der Waals surface area (Å²) in [5, 5.41) is 22.7. The molecule has 29 heavy (non-hydrogen) atoms. The van der Waals surface area contributed by atoms with E-state index < -0.39 is 17.7 Å². The molecule has 0 atom stereocenters. The van der Waals surface area contributed by atoms with Crippen LogP contribution in [-0.2, 0) is 0 Å². The highest BCUT2D eigenvalue weighted by Gasteiger charge is 2.32. The maximum absolute atomic E-state index is 12.5. The van der Waals surface area contributed by atoms with Crippen molar-refractivity contribution in [2.45, 2.75) is 20.8 Å². The summed E-state index contributed by atoms with van der Waals surface area (Å²) >= 11 is 7.24. The summed E-state index contributed by atoms with van der Waals surface area (Å²) in [6, 6.07) is 6.37. The van der Waals surface area contributed by atoms with Gasteiger partial charge in [0.25, 0.3) is 0 Å². The molecule has 6 nitrogen and oxygen atoms in total. The Hall–Kier alpha value is -3.03. The third-order valence-electron chi connectivity index (χ3n) is 4.54. The molecule has 0 fully saturated rings. The number of aromatic carboxylic acids is 2. The van der Waals surface area contributed by atoms with Gasteiger partial charge in [-0.2, -0.15) is 0 Å². The molecular formula is C21H16ClNO5S. The van der Waals surface area contributed by atoms with Crippen LogP contribution >= 0.6 is 22.9 Å². The van der Waals surface area contributed by atoms with E-state index in [2.05, 4.69) is 4.98 Å². The normalized spacial score (nSPS) is 10.8. The molecule has 0 aliphatic carbocycles. The maximum atomic E-state index is 12.5. The Balaban J connectivity index is 2.61. The first-order valence-corrected chi connectivity index (χ1v) is 9.75. The summed E-state index contributed by atoms with van der Waals surface area (Å²) < 4.78 is 0. The van der Waals surface area contributed by atoms with Crippen LogP contribution in [0.5, 0.6) is 0 Å². The summed E-state index contributed by atoms with van der Waals surface area (Å²) in [5.74, 6) is -3.10. The lowest BCUT2D eigenvalue weighted by atomic mass is 9.82. The van der Waals surface area contributed by atoms with Crippen LogP contribution in [-0.4, -0.2) is 32.9 Å². The SMILES string of the molecule is CC(=O)c1c(C)c(C(=O)O)c(-c2csc(C)n2)c(C(=O)O)c1-c1ccc(Cl)cc1. The summed E-state index contributed by atoms with van der Waals surface area (Å²) in [5.41, 5.74) is 0.576. The average Bonchev–Trinajstić information content (AvgIpc) is 3.06. The molecule has 0 saturated heterocycles. The largest absolute Gasteiger partial charge is 0.478 e. The minimum absolute atomic E-state index is 0.0122. The Morgan fingerprint density at radius 1 is 0.931 bits per heavy atom.